The van der Waals surface area contributed by atoms with Crippen LogP contribution in [-0.2, 0) is 23.9 Å². The summed E-state index contributed by atoms with van der Waals surface area (Å²) in [6.07, 6.45) is 1.62. The maximum absolute atomic E-state index is 9.55. The molecule has 25 heavy (non-hydrogen) atoms. The van der Waals surface area contributed by atoms with Crippen LogP contribution in [0.25, 0.3) is 0 Å². The molecule has 0 spiro atoms. The third kappa shape index (κ3) is 38.8. The van der Waals surface area contributed by atoms with Crippen molar-refractivity contribution in [2.24, 2.45) is 0 Å². The average molecular weight is 366 g/mol. The van der Waals surface area contributed by atoms with E-state index in [1.54, 1.807) is 13.8 Å². The van der Waals surface area contributed by atoms with Crippen LogP contribution in [0.1, 0.15) is 13.8 Å². The van der Waals surface area contributed by atoms with Crippen LogP contribution < -0.4 is 0 Å². The van der Waals surface area contributed by atoms with E-state index in [1.807, 2.05) is 0 Å². The summed E-state index contributed by atoms with van der Waals surface area (Å²) in [5.41, 5.74) is 0. The molecule has 0 aliphatic rings. The zero-order chi connectivity index (χ0) is 20.4. The van der Waals surface area contributed by atoms with Crippen molar-refractivity contribution in [1.82, 2.24) is 0 Å². The number of hydrogen-bond donors (Lipinski definition) is 6. The number of carbonyl (C=O) groups is 4. The molecule has 2 atom stereocenters. The van der Waals surface area contributed by atoms with Gasteiger partial charge in [0, 0.05) is 24.3 Å². The fraction of sp³-hybridized carbons (Fsp3) is 0.429. The molecule has 0 heterocycles. The third-order valence-electron chi connectivity index (χ3n) is 1.62. The molecule has 0 amide bonds. The van der Waals surface area contributed by atoms with Gasteiger partial charge in [0.15, 0.2) is 0 Å². The summed E-state index contributed by atoms with van der Waals surface area (Å²) < 4.78 is 4.95. The molecule has 0 aromatic heterocycles. The van der Waals surface area contributed by atoms with Gasteiger partial charge >= 0.3 is 23.9 Å². The van der Waals surface area contributed by atoms with Gasteiger partial charge in [-0.15, -0.1) is 0 Å². The lowest BCUT2D eigenvalue weighted by atomic mass is 10.4. The fourth-order valence-electron chi connectivity index (χ4n) is 0.641. The smallest absolute Gasteiger partial charge is 0.328 e. The first-order chi connectivity index (χ1) is 11.4. The summed E-state index contributed by atoms with van der Waals surface area (Å²) in [5, 5.41) is 48.4. The molecule has 0 fully saturated rings. The van der Waals surface area contributed by atoms with Crippen LogP contribution in [0.4, 0.5) is 0 Å². The molecule has 0 saturated heterocycles. The summed E-state index contributed by atoms with van der Waals surface area (Å²) in [5.74, 6) is -5.03. The minimum absolute atomic E-state index is 0.00667. The average Bonchev–Trinajstić information content (AvgIpc) is 2.49. The Balaban J connectivity index is -0.000000291. The Morgan fingerprint density at radius 2 is 1.08 bits per heavy atom. The Labute approximate surface area is 143 Å². The number of aliphatic hydroxyl groups is 2. The van der Waals surface area contributed by atoms with E-state index in [2.05, 4.69) is 0 Å². The van der Waals surface area contributed by atoms with E-state index >= 15 is 0 Å². The highest BCUT2D eigenvalue weighted by Gasteiger charge is 2.00. The second-order valence-corrected chi connectivity index (χ2v) is 4.20. The van der Waals surface area contributed by atoms with E-state index in [0.717, 1.165) is 0 Å². The van der Waals surface area contributed by atoms with Crippen LogP contribution in [0.5, 0.6) is 0 Å². The SMILES string of the molecule is CC(O)COC(C)CO.O=C(O)C=CC(=O)O.O=C(O)C=CC(=O)O. The summed E-state index contributed by atoms with van der Waals surface area (Å²) in [7, 11) is 0. The van der Waals surface area contributed by atoms with E-state index in [9.17, 15) is 19.2 Å². The molecule has 2 unspecified atom stereocenters. The number of aliphatic carboxylic acids is 4. The van der Waals surface area contributed by atoms with E-state index < -0.39 is 30.0 Å². The zero-order valence-electron chi connectivity index (χ0n) is 13.6. The Morgan fingerprint density at radius 3 is 1.24 bits per heavy atom. The van der Waals surface area contributed by atoms with Crippen LogP contribution in [-0.4, -0.2) is 79.9 Å². The molecule has 11 heteroatoms. The van der Waals surface area contributed by atoms with Crippen molar-refractivity contribution in [3.05, 3.63) is 24.3 Å². The number of carboxylic acids is 4. The monoisotopic (exact) mass is 366 g/mol. The van der Waals surface area contributed by atoms with E-state index in [1.165, 1.54) is 0 Å². The molecule has 0 aliphatic heterocycles. The van der Waals surface area contributed by atoms with Crippen molar-refractivity contribution < 1.29 is 54.6 Å². The molecule has 0 aromatic rings. The first kappa shape index (κ1) is 27.1. The molecule has 0 aliphatic carbocycles. The van der Waals surface area contributed by atoms with Gasteiger partial charge in [0.1, 0.15) is 0 Å². The Bertz CT molecular complexity index is 399. The first-order valence-corrected chi connectivity index (χ1v) is 6.60. The lowest BCUT2D eigenvalue weighted by Gasteiger charge is -2.10. The summed E-state index contributed by atoms with van der Waals surface area (Å²) in [4.78, 5) is 38.2. The minimum Gasteiger partial charge on any atom is -0.478 e. The van der Waals surface area contributed by atoms with Gasteiger partial charge in [0.25, 0.3) is 0 Å². The van der Waals surface area contributed by atoms with E-state index in [0.29, 0.717) is 30.9 Å². The standard InChI is InChI=1S/C6H14O3.2C4H4O4/c1-5(8)4-9-6(2)3-7;2*5-3(6)1-2-4(7)8/h5-8H,3-4H2,1-2H3;2*1-2H,(H,5,6)(H,7,8). The Kier molecular flexibility index (Phi) is 19.1. The second kappa shape index (κ2) is 17.6. The first-order valence-electron chi connectivity index (χ1n) is 6.60. The molecular weight excluding hydrogens is 344 g/mol. The van der Waals surface area contributed by atoms with Crippen molar-refractivity contribution in [2.45, 2.75) is 26.1 Å². The molecular formula is C14H22O11. The van der Waals surface area contributed by atoms with Gasteiger partial charge in [0.05, 0.1) is 25.4 Å². The molecule has 0 saturated carbocycles. The normalized spacial score (nSPS) is 12.3. The van der Waals surface area contributed by atoms with Crippen molar-refractivity contribution in [3.63, 3.8) is 0 Å². The van der Waals surface area contributed by atoms with Crippen LogP contribution >= 0.6 is 0 Å². The molecule has 144 valence electrons. The van der Waals surface area contributed by atoms with Crippen molar-refractivity contribution in [1.29, 1.82) is 0 Å². The van der Waals surface area contributed by atoms with Crippen LogP contribution in [0.2, 0.25) is 0 Å². The fourth-order valence-corrected chi connectivity index (χ4v) is 0.641. The molecule has 0 aromatic carbocycles. The summed E-state index contributed by atoms with van der Waals surface area (Å²) in [6, 6.07) is 0. The number of hydrogen-bond acceptors (Lipinski definition) is 7. The topological polar surface area (TPSA) is 199 Å². The second-order valence-electron chi connectivity index (χ2n) is 4.20. The summed E-state index contributed by atoms with van der Waals surface area (Å²) in [6.45, 7) is 3.70. The lowest BCUT2D eigenvalue weighted by molar-refractivity contribution is -0.134. The number of rotatable bonds is 8. The number of ether oxygens (including phenoxy) is 1. The lowest BCUT2D eigenvalue weighted by Crippen LogP contribution is -2.19. The largest absolute Gasteiger partial charge is 0.478 e. The summed E-state index contributed by atoms with van der Waals surface area (Å²) >= 11 is 0. The van der Waals surface area contributed by atoms with E-state index in [4.69, 9.17) is 35.4 Å². The Morgan fingerprint density at radius 1 is 0.800 bits per heavy atom. The Hall–Kier alpha value is -2.76. The minimum atomic E-state index is -1.26. The van der Waals surface area contributed by atoms with Gasteiger partial charge in [-0.3, -0.25) is 0 Å². The van der Waals surface area contributed by atoms with Gasteiger partial charge in [-0.2, -0.15) is 0 Å². The number of carboxylic acid groups (broad SMARTS) is 4. The predicted octanol–water partition coefficient (Wildman–Crippen LogP) is -0.812. The quantitative estimate of drug-likeness (QED) is 0.293. The van der Waals surface area contributed by atoms with Gasteiger partial charge in [-0.05, 0) is 13.8 Å². The highest BCUT2D eigenvalue weighted by molar-refractivity contribution is 5.90. The maximum atomic E-state index is 9.55. The maximum Gasteiger partial charge on any atom is 0.328 e. The van der Waals surface area contributed by atoms with E-state index in [-0.39, 0.29) is 12.7 Å². The highest BCUT2D eigenvalue weighted by atomic mass is 16.5. The van der Waals surface area contributed by atoms with Gasteiger partial charge < -0.3 is 35.4 Å². The van der Waals surface area contributed by atoms with Crippen molar-refractivity contribution >= 4 is 23.9 Å². The van der Waals surface area contributed by atoms with Crippen LogP contribution in [0.3, 0.4) is 0 Å². The van der Waals surface area contributed by atoms with Crippen LogP contribution in [0.15, 0.2) is 24.3 Å². The van der Waals surface area contributed by atoms with Gasteiger partial charge in [-0.1, -0.05) is 0 Å². The highest BCUT2D eigenvalue weighted by Crippen LogP contribution is 1.90. The van der Waals surface area contributed by atoms with Gasteiger partial charge in [0.2, 0.25) is 0 Å². The molecule has 0 rings (SSSR count). The predicted molar refractivity (Wildman–Crippen MR) is 83.0 cm³/mol. The van der Waals surface area contributed by atoms with Gasteiger partial charge in [-0.25, -0.2) is 19.2 Å². The van der Waals surface area contributed by atoms with Crippen LogP contribution in [0, 0.1) is 0 Å². The molecule has 0 radical (unpaired) electrons. The molecule has 0 bridgehead atoms. The van der Waals surface area contributed by atoms with Crippen molar-refractivity contribution in [2.75, 3.05) is 13.2 Å². The number of aliphatic hydroxyl groups excluding tert-OH is 2. The third-order valence-corrected chi connectivity index (χ3v) is 1.62. The van der Waals surface area contributed by atoms with Crippen molar-refractivity contribution in [3.8, 4) is 0 Å². The molecule has 6 N–H and O–H groups in total. The zero-order valence-corrected chi connectivity index (χ0v) is 13.6. The molecule has 11 nitrogen and oxygen atoms in total.